The number of aromatic nitrogens is 1. The van der Waals surface area contributed by atoms with Crippen LogP contribution in [0.15, 0.2) is 33.7 Å². The van der Waals surface area contributed by atoms with Gasteiger partial charge in [0.1, 0.15) is 11.3 Å². The molecule has 1 aromatic carbocycles. The molecule has 9 heteroatoms. The van der Waals surface area contributed by atoms with E-state index in [9.17, 15) is 13.2 Å². The molecule has 1 aliphatic heterocycles. The highest BCUT2D eigenvalue weighted by Gasteiger charge is 2.28. The number of carbonyl (C=O) groups is 1. The number of rotatable bonds is 5. The fourth-order valence-corrected chi connectivity index (χ4v) is 4.57. The summed E-state index contributed by atoms with van der Waals surface area (Å²) in [6.45, 7) is 8.81. The molecule has 3 rings (SSSR count). The number of likely N-dealkylation sites (N-methyl/N-ethyl adjacent to an activating group) is 1. The zero-order chi connectivity index (χ0) is 19.6. The summed E-state index contributed by atoms with van der Waals surface area (Å²) in [5, 5.41) is 6.51. The lowest BCUT2D eigenvalue weighted by atomic mass is 10.2. The van der Waals surface area contributed by atoms with Crippen molar-refractivity contribution in [2.24, 2.45) is 0 Å². The lowest BCUT2D eigenvalue weighted by Gasteiger charge is -2.33. The fraction of sp³-hybridized carbons (Fsp3) is 0.444. The molecule has 0 saturated carbocycles. The van der Waals surface area contributed by atoms with Crippen molar-refractivity contribution in [1.29, 1.82) is 0 Å². The number of amides is 1. The summed E-state index contributed by atoms with van der Waals surface area (Å²) in [5.74, 6) is 0.105. The van der Waals surface area contributed by atoms with E-state index in [1.54, 1.807) is 26.0 Å². The third-order valence-electron chi connectivity index (χ3n) is 4.79. The van der Waals surface area contributed by atoms with E-state index in [1.807, 2.05) is 0 Å². The van der Waals surface area contributed by atoms with Crippen LogP contribution in [0.1, 0.15) is 28.7 Å². The first-order chi connectivity index (χ1) is 12.8. The summed E-state index contributed by atoms with van der Waals surface area (Å²) in [4.78, 5) is 14.8. The second kappa shape index (κ2) is 7.79. The van der Waals surface area contributed by atoms with E-state index in [-0.39, 0.29) is 10.8 Å². The molecular weight excluding hydrogens is 368 g/mol. The summed E-state index contributed by atoms with van der Waals surface area (Å²) >= 11 is 0. The Kier molecular flexibility index (Phi) is 5.64. The smallest absolute Gasteiger partial charge is 0.261 e. The molecule has 1 N–H and O–H groups in total. The van der Waals surface area contributed by atoms with Crippen molar-refractivity contribution in [1.82, 2.24) is 14.4 Å². The number of nitrogens with one attached hydrogen (secondary N) is 1. The summed E-state index contributed by atoms with van der Waals surface area (Å²) < 4.78 is 32.1. The van der Waals surface area contributed by atoms with Gasteiger partial charge in [0, 0.05) is 31.9 Å². The molecule has 1 amide bonds. The van der Waals surface area contributed by atoms with E-state index >= 15 is 0 Å². The van der Waals surface area contributed by atoms with Crippen LogP contribution in [0.25, 0.3) is 0 Å². The Hall–Kier alpha value is -2.23. The Morgan fingerprint density at radius 1 is 1.15 bits per heavy atom. The number of hydrogen-bond donors (Lipinski definition) is 1. The van der Waals surface area contributed by atoms with Gasteiger partial charge in [-0.05, 0) is 44.7 Å². The molecule has 8 nitrogen and oxygen atoms in total. The van der Waals surface area contributed by atoms with Gasteiger partial charge >= 0.3 is 0 Å². The SMILES string of the molecule is CCN1CCN(S(=O)(=O)c2ccc(NC(=O)c3c(C)noc3C)cc2)CC1. The molecule has 0 spiro atoms. The Bertz CT molecular complexity index is 894. The van der Waals surface area contributed by atoms with Gasteiger partial charge < -0.3 is 14.7 Å². The quantitative estimate of drug-likeness (QED) is 0.835. The molecule has 27 heavy (non-hydrogen) atoms. The zero-order valence-corrected chi connectivity index (χ0v) is 16.5. The molecule has 1 aliphatic rings. The predicted octanol–water partition coefficient (Wildman–Crippen LogP) is 1.87. The maximum atomic E-state index is 12.8. The molecule has 0 aliphatic carbocycles. The largest absolute Gasteiger partial charge is 0.361 e. The molecular formula is C18H24N4O4S. The van der Waals surface area contributed by atoms with E-state index in [2.05, 4.69) is 22.3 Å². The third-order valence-corrected chi connectivity index (χ3v) is 6.70. The molecule has 0 radical (unpaired) electrons. The van der Waals surface area contributed by atoms with E-state index < -0.39 is 10.0 Å². The van der Waals surface area contributed by atoms with Crippen molar-refractivity contribution in [3.8, 4) is 0 Å². The number of carbonyl (C=O) groups excluding carboxylic acids is 1. The lowest BCUT2D eigenvalue weighted by molar-refractivity contribution is 0.102. The van der Waals surface area contributed by atoms with Crippen molar-refractivity contribution in [3.63, 3.8) is 0 Å². The summed E-state index contributed by atoms with van der Waals surface area (Å²) in [7, 11) is -3.53. The first-order valence-corrected chi connectivity index (χ1v) is 10.3. The van der Waals surface area contributed by atoms with Crippen LogP contribution >= 0.6 is 0 Å². The molecule has 1 saturated heterocycles. The highest BCUT2D eigenvalue weighted by molar-refractivity contribution is 7.89. The number of sulfonamides is 1. The van der Waals surface area contributed by atoms with Gasteiger partial charge in [-0.1, -0.05) is 12.1 Å². The van der Waals surface area contributed by atoms with Crippen LogP contribution in [0.2, 0.25) is 0 Å². The van der Waals surface area contributed by atoms with Crippen molar-refractivity contribution in [2.75, 3.05) is 38.0 Å². The second-order valence-corrected chi connectivity index (χ2v) is 8.45. The Labute approximate surface area is 159 Å². The Balaban J connectivity index is 1.71. The van der Waals surface area contributed by atoms with Crippen LogP contribution in [-0.2, 0) is 10.0 Å². The topological polar surface area (TPSA) is 95.8 Å². The van der Waals surface area contributed by atoms with Crippen molar-refractivity contribution < 1.29 is 17.7 Å². The van der Waals surface area contributed by atoms with Crippen LogP contribution in [0.4, 0.5) is 5.69 Å². The summed E-state index contributed by atoms with van der Waals surface area (Å²) in [6, 6.07) is 6.21. The molecule has 1 fully saturated rings. The summed E-state index contributed by atoms with van der Waals surface area (Å²) in [6.07, 6.45) is 0. The number of piperazine rings is 1. The second-order valence-electron chi connectivity index (χ2n) is 6.52. The zero-order valence-electron chi connectivity index (χ0n) is 15.7. The Morgan fingerprint density at radius 2 is 1.78 bits per heavy atom. The standard InChI is InChI=1S/C18H24N4O4S/c1-4-21-9-11-22(12-10-21)27(24,25)16-7-5-15(6-8-16)19-18(23)17-13(2)20-26-14(17)3/h5-8H,4,9-12H2,1-3H3,(H,19,23). The minimum absolute atomic E-state index is 0.225. The Morgan fingerprint density at radius 3 is 2.30 bits per heavy atom. The maximum absolute atomic E-state index is 12.8. The number of hydrogen-bond acceptors (Lipinski definition) is 6. The maximum Gasteiger partial charge on any atom is 0.261 e. The van der Waals surface area contributed by atoms with Gasteiger partial charge in [0.25, 0.3) is 5.91 Å². The number of aryl methyl sites for hydroxylation is 2. The van der Waals surface area contributed by atoms with Crippen molar-refractivity contribution >= 4 is 21.6 Å². The minimum Gasteiger partial charge on any atom is -0.361 e. The average molecular weight is 392 g/mol. The van der Waals surface area contributed by atoms with Crippen LogP contribution in [0.3, 0.4) is 0 Å². The molecule has 146 valence electrons. The number of benzene rings is 1. The normalized spacial score (nSPS) is 16.4. The average Bonchev–Trinajstić information content (AvgIpc) is 3.00. The van der Waals surface area contributed by atoms with Gasteiger partial charge in [-0.2, -0.15) is 4.31 Å². The minimum atomic E-state index is -3.53. The molecule has 2 heterocycles. The van der Waals surface area contributed by atoms with Crippen LogP contribution in [-0.4, -0.2) is 61.4 Å². The van der Waals surface area contributed by atoms with E-state index in [4.69, 9.17) is 4.52 Å². The first-order valence-electron chi connectivity index (χ1n) is 8.89. The van der Waals surface area contributed by atoms with Gasteiger partial charge in [0.05, 0.1) is 10.6 Å². The number of anilines is 1. The van der Waals surface area contributed by atoms with Crippen molar-refractivity contribution in [3.05, 3.63) is 41.3 Å². The lowest BCUT2D eigenvalue weighted by Crippen LogP contribution is -2.48. The van der Waals surface area contributed by atoms with E-state index in [0.29, 0.717) is 35.8 Å². The van der Waals surface area contributed by atoms with E-state index in [1.165, 1.54) is 16.4 Å². The fourth-order valence-electron chi connectivity index (χ4n) is 3.15. The monoisotopic (exact) mass is 392 g/mol. The number of nitrogens with zero attached hydrogens (tertiary/aromatic N) is 3. The molecule has 0 bridgehead atoms. The van der Waals surface area contributed by atoms with Crippen molar-refractivity contribution in [2.45, 2.75) is 25.7 Å². The molecule has 1 aromatic heterocycles. The summed E-state index contributed by atoms with van der Waals surface area (Å²) in [5.41, 5.74) is 1.41. The molecule has 0 atom stereocenters. The van der Waals surface area contributed by atoms with Gasteiger partial charge in [0.15, 0.2) is 0 Å². The van der Waals surface area contributed by atoms with Gasteiger partial charge in [0.2, 0.25) is 10.0 Å². The van der Waals surface area contributed by atoms with Gasteiger partial charge in [-0.3, -0.25) is 4.79 Å². The van der Waals surface area contributed by atoms with Crippen LogP contribution < -0.4 is 5.32 Å². The highest BCUT2D eigenvalue weighted by atomic mass is 32.2. The third kappa shape index (κ3) is 4.05. The van der Waals surface area contributed by atoms with Gasteiger partial charge in [-0.25, -0.2) is 8.42 Å². The van der Waals surface area contributed by atoms with Gasteiger partial charge in [-0.15, -0.1) is 0 Å². The molecule has 0 unspecified atom stereocenters. The van der Waals surface area contributed by atoms with Crippen LogP contribution in [0, 0.1) is 13.8 Å². The first kappa shape index (κ1) is 19.5. The highest BCUT2D eigenvalue weighted by Crippen LogP contribution is 2.21. The van der Waals surface area contributed by atoms with E-state index in [0.717, 1.165) is 19.6 Å². The van der Waals surface area contributed by atoms with Crippen LogP contribution in [0.5, 0.6) is 0 Å². The predicted molar refractivity (Wildman–Crippen MR) is 101 cm³/mol. The molecule has 2 aromatic rings.